The number of piperidine rings is 1. The van der Waals surface area contributed by atoms with Crippen molar-refractivity contribution < 1.29 is 13.7 Å². The summed E-state index contributed by atoms with van der Waals surface area (Å²) >= 11 is 0. The number of hydrogen-bond acceptors (Lipinski definition) is 5. The number of halogens is 1. The molecular formula is C20H19FN4O2. The second kappa shape index (κ2) is 7.65. The number of rotatable bonds is 4. The lowest BCUT2D eigenvalue weighted by Crippen LogP contribution is -2.40. The predicted octanol–water partition coefficient (Wildman–Crippen LogP) is 3.22. The van der Waals surface area contributed by atoms with E-state index in [1.807, 2.05) is 23.1 Å². The Morgan fingerprint density at radius 3 is 2.85 bits per heavy atom. The first-order valence-electron chi connectivity index (χ1n) is 8.96. The number of carbonyl (C=O) groups excluding carboxylic acids is 1. The number of benzene rings is 1. The van der Waals surface area contributed by atoms with Gasteiger partial charge in [0.05, 0.1) is 6.42 Å². The number of amides is 1. The molecule has 1 aromatic carbocycles. The van der Waals surface area contributed by atoms with Crippen LogP contribution in [0.4, 0.5) is 4.39 Å². The van der Waals surface area contributed by atoms with Crippen LogP contribution in [0.3, 0.4) is 0 Å². The summed E-state index contributed by atoms with van der Waals surface area (Å²) in [7, 11) is 0. The number of carbonyl (C=O) groups is 1. The van der Waals surface area contributed by atoms with E-state index in [9.17, 15) is 9.18 Å². The van der Waals surface area contributed by atoms with Gasteiger partial charge in [-0.2, -0.15) is 4.98 Å². The number of pyridine rings is 1. The average molecular weight is 366 g/mol. The van der Waals surface area contributed by atoms with Gasteiger partial charge in [0.2, 0.25) is 5.91 Å². The van der Waals surface area contributed by atoms with Crippen LogP contribution in [0.15, 0.2) is 53.2 Å². The largest absolute Gasteiger partial charge is 0.342 e. The van der Waals surface area contributed by atoms with Crippen molar-refractivity contribution in [3.05, 3.63) is 65.9 Å². The first kappa shape index (κ1) is 17.3. The Hall–Kier alpha value is -3.09. The van der Waals surface area contributed by atoms with Crippen LogP contribution in [-0.2, 0) is 11.2 Å². The molecule has 7 heteroatoms. The zero-order chi connectivity index (χ0) is 18.6. The van der Waals surface area contributed by atoms with Gasteiger partial charge in [-0.15, -0.1) is 0 Å². The third-order valence-electron chi connectivity index (χ3n) is 4.73. The summed E-state index contributed by atoms with van der Waals surface area (Å²) < 4.78 is 18.4. The van der Waals surface area contributed by atoms with Crippen molar-refractivity contribution in [3.8, 4) is 11.6 Å². The molecule has 138 valence electrons. The van der Waals surface area contributed by atoms with Crippen molar-refractivity contribution in [2.24, 2.45) is 0 Å². The standard InChI is InChI=1S/C20H19FN4O2/c21-16-8-6-14(7-9-16)12-18(26)25-11-3-4-15(13-25)19-23-20(27-24-19)17-5-1-2-10-22-17/h1-2,5-10,15H,3-4,11-13H2. The fourth-order valence-electron chi connectivity index (χ4n) is 3.30. The molecule has 4 rings (SSSR count). The molecule has 0 bridgehead atoms. The number of likely N-dealkylation sites (tertiary alicyclic amines) is 1. The molecule has 1 atom stereocenters. The zero-order valence-electron chi connectivity index (χ0n) is 14.7. The zero-order valence-corrected chi connectivity index (χ0v) is 14.7. The van der Waals surface area contributed by atoms with E-state index < -0.39 is 0 Å². The van der Waals surface area contributed by atoms with E-state index in [1.165, 1.54) is 12.1 Å². The molecule has 1 saturated heterocycles. The SMILES string of the molecule is O=C(Cc1ccc(F)cc1)N1CCCC(c2noc(-c3ccccn3)n2)C1. The molecule has 1 unspecified atom stereocenters. The van der Waals surface area contributed by atoms with Crippen molar-refractivity contribution >= 4 is 5.91 Å². The Morgan fingerprint density at radius 1 is 1.22 bits per heavy atom. The van der Waals surface area contributed by atoms with Gasteiger partial charge >= 0.3 is 0 Å². The average Bonchev–Trinajstić information content (AvgIpc) is 3.21. The van der Waals surface area contributed by atoms with Crippen LogP contribution < -0.4 is 0 Å². The molecule has 27 heavy (non-hydrogen) atoms. The van der Waals surface area contributed by atoms with Crippen LogP contribution in [-0.4, -0.2) is 39.0 Å². The van der Waals surface area contributed by atoms with E-state index in [4.69, 9.17) is 4.52 Å². The Kier molecular flexibility index (Phi) is 4.91. The van der Waals surface area contributed by atoms with Gasteiger partial charge in [0, 0.05) is 25.2 Å². The van der Waals surface area contributed by atoms with Crippen molar-refractivity contribution in [2.45, 2.75) is 25.2 Å². The Bertz CT molecular complexity index is 911. The lowest BCUT2D eigenvalue weighted by Gasteiger charge is -2.31. The maximum atomic E-state index is 13.0. The second-order valence-electron chi connectivity index (χ2n) is 6.65. The van der Waals surface area contributed by atoms with Gasteiger partial charge in [-0.3, -0.25) is 9.78 Å². The molecule has 0 N–H and O–H groups in total. The molecule has 2 aromatic heterocycles. The first-order chi connectivity index (χ1) is 13.2. The summed E-state index contributed by atoms with van der Waals surface area (Å²) in [5, 5.41) is 4.10. The second-order valence-corrected chi connectivity index (χ2v) is 6.65. The van der Waals surface area contributed by atoms with E-state index >= 15 is 0 Å². The molecule has 1 fully saturated rings. The van der Waals surface area contributed by atoms with Gasteiger partial charge < -0.3 is 9.42 Å². The summed E-state index contributed by atoms with van der Waals surface area (Å²) in [6, 6.07) is 11.5. The van der Waals surface area contributed by atoms with Crippen LogP contribution in [0.2, 0.25) is 0 Å². The molecule has 3 aromatic rings. The monoisotopic (exact) mass is 366 g/mol. The predicted molar refractivity (Wildman–Crippen MR) is 96.2 cm³/mol. The fourth-order valence-corrected chi connectivity index (χ4v) is 3.30. The highest BCUT2D eigenvalue weighted by Gasteiger charge is 2.28. The molecule has 3 heterocycles. The summed E-state index contributed by atoms with van der Waals surface area (Å²) in [4.78, 5) is 23.1. The van der Waals surface area contributed by atoms with Gasteiger partial charge in [-0.25, -0.2) is 4.39 Å². The smallest absolute Gasteiger partial charge is 0.276 e. The van der Waals surface area contributed by atoms with Gasteiger partial charge in [0.15, 0.2) is 5.82 Å². The van der Waals surface area contributed by atoms with Crippen LogP contribution in [0, 0.1) is 5.82 Å². The molecular weight excluding hydrogens is 347 g/mol. The van der Waals surface area contributed by atoms with Crippen LogP contribution in [0.1, 0.15) is 30.1 Å². The summed E-state index contributed by atoms with van der Waals surface area (Å²) in [5.74, 6) is 0.761. The maximum Gasteiger partial charge on any atom is 0.276 e. The van der Waals surface area contributed by atoms with E-state index in [-0.39, 0.29) is 24.1 Å². The Labute approximate surface area is 156 Å². The van der Waals surface area contributed by atoms with Gasteiger partial charge in [-0.05, 0) is 42.7 Å². The van der Waals surface area contributed by atoms with Gasteiger partial charge in [0.25, 0.3) is 5.89 Å². The van der Waals surface area contributed by atoms with E-state index in [1.54, 1.807) is 18.3 Å². The molecule has 1 aliphatic rings. The van der Waals surface area contributed by atoms with Crippen LogP contribution >= 0.6 is 0 Å². The minimum atomic E-state index is -0.301. The molecule has 1 amide bonds. The normalized spacial score (nSPS) is 17.1. The summed E-state index contributed by atoms with van der Waals surface area (Å²) in [5.41, 5.74) is 1.44. The Morgan fingerprint density at radius 2 is 2.07 bits per heavy atom. The van der Waals surface area contributed by atoms with Gasteiger partial charge in [0.1, 0.15) is 11.5 Å². The summed E-state index contributed by atoms with van der Waals surface area (Å²) in [6.07, 6.45) is 3.73. The van der Waals surface area contributed by atoms with Crippen molar-refractivity contribution in [1.29, 1.82) is 0 Å². The highest BCUT2D eigenvalue weighted by Crippen LogP contribution is 2.27. The highest BCUT2D eigenvalue weighted by molar-refractivity contribution is 5.79. The Balaban J connectivity index is 1.43. The molecule has 1 aliphatic heterocycles. The van der Waals surface area contributed by atoms with Crippen LogP contribution in [0.5, 0.6) is 0 Å². The van der Waals surface area contributed by atoms with E-state index in [0.717, 1.165) is 18.4 Å². The molecule has 0 aliphatic carbocycles. The van der Waals surface area contributed by atoms with E-state index in [0.29, 0.717) is 30.5 Å². The lowest BCUT2D eigenvalue weighted by molar-refractivity contribution is -0.131. The van der Waals surface area contributed by atoms with E-state index in [2.05, 4.69) is 15.1 Å². The number of nitrogens with zero attached hydrogens (tertiary/aromatic N) is 4. The highest BCUT2D eigenvalue weighted by atomic mass is 19.1. The van der Waals surface area contributed by atoms with Crippen molar-refractivity contribution in [1.82, 2.24) is 20.0 Å². The quantitative estimate of drug-likeness (QED) is 0.709. The summed E-state index contributed by atoms with van der Waals surface area (Å²) in [6.45, 7) is 1.27. The third kappa shape index (κ3) is 4.02. The molecule has 6 nitrogen and oxygen atoms in total. The topological polar surface area (TPSA) is 72.1 Å². The minimum absolute atomic E-state index is 0.0275. The maximum absolute atomic E-state index is 13.0. The van der Waals surface area contributed by atoms with Crippen molar-refractivity contribution in [3.63, 3.8) is 0 Å². The number of aromatic nitrogens is 3. The first-order valence-corrected chi connectivity index (χ1v) is 8.96. The molecule has 0 radical (unpaired) electrons. The van der Waals surface area contributed by atoms with Crippen LogP contribution in [0.25, 0.3) is 11.6 Å². The molecule has 0 spiro atoms. The molecule has 0 saturated carbocycles. The minimum Gasteiger partial charge on any atom is -0.342 e. The fraction of sp³-hybridized carbons (Fsp3) is 0.300. The van der Waals surface area contributed by atoms with Gasteiger partial charge in [-0.1, -0.05) is 23.4 Å². The number of hydrogen-bond donors (Lipinski definition) is 0. The third-order valence-corrected chi connectivity index (χ3v) is 4.73. The van der Waals surface area contributed by atoms with Crippen molar-refractivity contribution in [2.75, 3.05) is 13.1 Å². The lowest BCUT2D eigenvalue weighted by atomic mass is 9.96.